The number of methoxy groups -OCH3 is 2. The van der Waals surface area contributed by atoms with Gasteiger partial charge in [0.2, 0.25) is 23.5 Å². The molecule has 6 aromatic rings. The van der Waals surface area contributed by atoms with Crippen molar-refractivity contribution in [3.8, 4) is 23.0 Å². The van der Waals surface area contributed by atoms with Gasteiger partial charge in [0.05, 0.1) is 62.0 Å². The third-order valence-corrected chi connectivity index (χ3v) is 19.5. The predicted octanol–water partition coefficient (Wildman–Crippen LogP) is 10.4. The maximum atomic E-state index is 14.2. The van der Waals surface area contributed by atoms with Crippen LogP contribution in [0.5, 0.6) is 23.0 Å². The number of aromatic carboxylic acids is 1. The lowest BCUT2D eigenvalue weighted by atomic mass is 10.00. The zero-order valence-corrected chi connectivity index (χ0v) is 61.2. The maximum absolute atomic E-state index is 14.2. The molecule has 4 unspecified atom stereocenters. The van der Waals surface area contributed by atoms with Crippen molar-refractivity contribution in [2.24, 2.45) is 14.1 Å². The number of aryl methyl sites for hydroxylation is 3. The van der Waals surface area contributed by atoms with Gasteiger partial charge in [0.25, 0.3) is 17.7 Å². The zero-order chi connectivity index (χ0) is 76.3. The SMILES string of the molecule is C=CCOC(=O)N1c2cc(OCCCC(=O)Nc3cn(C)c(C(=O)Nc4ccc5sc(C)cc5c4)n3)c(OC)cc2C(=O)N2CCCC[C@H]2C1OC1CCCCO1.C=CCOC(=O)N1c2cc(OCCCC(=O)Nc3cn(C)c(C(=O)O)n3)c(OC)cc2C(=O)N2CCCC[C@H]2C1OC1CCCCO1.O=C=O. The predicted molar refractivity (Wildman–Crippen MR) is 388 cm³/mol. The van der Waals surface area contributed by atoms with Gasteiger partial charge in [0, 0.05) is 93.0 Å². The summed E-state index contributed by atoms with van der Waals surface area (Å²) in [6.45, 7) is 11.6. The summed E-state index contributed by atoms with van der Waals surface area (Å²) >= 11 is 1.69. The largest absolute Gasteiger partial charge is 0.493 e. The molecule has 6 aliphatic rings. The van der Waals surface area contributed by atoms with Gasteiger partial charge in [0.15, 0.2) is 59.7 Å². The first-order valence-electron chi connectivity index (χ1n) is 35.5. The highest BCUT2D eigenvalue weighted by atomic mass is 32.1. The Kier molecular flexibility index (Phi) is 27.7. The van der Waals surface area contributed by atoms with Crippen molar-refractivity contribution in [2.45, 2.75) is 147 Å². The minimum Gasteiger partial charge on any atom is -0.493 e. The van der Waals surface area contributed by atoms with E-state index in [1.54, 1.807) is 63.2 Å². The lowest BCUT2D eigenvalue weighted by molar-refractivity contribution is -0.199. The first-order chi connectivity index (χ1) is 51.7. The van der Waals surface area contributed by atoms with Gasteiger partial charge < -0.3 is 87.4 Å². The molecule has 4 N–H and O–H groups in total. The molecule has 7 amide bonds. The minimum absolute atomic E-state index is 0.0412. The number of aromatic nitrogens is 4. The number of rotatable bonds is 25. The second-order valence-corrected chi connectivity index (χ2v) is 27.1. The fourth-order valence-corrected chi connectivity index (χ4v) is 14.4. The van der Waals surface area contributed by atoms with Crippen molar-refractivity contribution in [1.82, 2.24) is 28.9 Å². The van der Waals surface area contributed by atoms with Crippen molar-refractivity contribution in [3.05, 3.63) is 114 Å². The normalized spacial score (nSPS) is 19.5. The van der Waals surface area contributed by atoms with Crippen molar-refractivity contribution in [1.29, 1.82) is 0 Å². The Morgan fingerprint density at radius 2 is 1.09 bits per heavy atom. The molecule has 0 saturated carbocycles. The highest BCUT2D eigenvalue weighted by molar-refractivity contribution is 7.19. The van der Waals surface area contributed by atoms with E-state index in [2.05, 4.69) is 45.1 Å². The Hall–Kier alpha value is -10.7. The summed E-state index contributed by atoms with van der Waals surface area (Å²) in [5.74, 6) is -1.42. The zero-order valence-electron chi connectivity index (χ0n) is 60.4. The minimum atomic E-state index is -1.21. The smallest absolute Gasteiger partial charge is 0.416 e. The second kappa shape index (κ2) is 37.5. The molecule has 3 aromatic carbocycles. The quantitative estimate of drug-likeness (QED) is 0.0305. The molecule has 32 nitrogen and oxygen atoms in total. The van der Waals surface area contributed by atoms with Crippen LogP contribution in [-0.4, -0.2) is 192 Å². The molecule has 0 spiro atoms. The number of ether oxygens (including phenoxy) is 10. The number of amides is 7. The monoisotopic (exact) mass is 1500 g/mol. The molecule has 3 aromatic heterocycles. The summed E-state index contributed by atoms with van der Waals surface area (Å²) in [6, 6.07) is 13.2. The average molecular weight is 1500 g/mol. The summed E-state index contributed by atoms with van der Waals surface area (Å²) < 4.78 is 63.5. The van der Waals surface area contributed by atoms with E-state index < -0.39 is 61.2 Å². The van der Waals surface area contributed by atoms with Gasteiger partial charge in [-0.05, 0) is 139 Å². The number of fused-ring (bicyclic) bond motifs is 5. The molecule has 6 atom stereocenters. The summed E-state index contributed by atoms with van der Waals surface area (Å²) in [7, 11) is 6.13. The van der Waals surface area contributed by atoms with Gasteiger partial charge in [-0.3, -0.25) is 24.0 Å². The number of carboxylic acid groups (broad SMARTS) is 1. The Balaban J connectivity index is 0.000000225. The van der Waals surface area contributed by atoms with Crippen LogP contribution in [0.4, 0.5) is 38.3 Å². The number of benzene rings is 3. The lowest BCUT2D eigenvalue weighted by Gasteiger charge is -2.42. The molecule has 0 aliphatic carbocycles. The number of carbonyl (C=O) groups excluding carboxylic acids is 9. The molecule has 12 rings (SSSR count). The number of hydrogen-bond acceptors (Lipinski definition) is 23. The van der Waals surface area contributed by atoms with Gasteiger partial charge in [-0.15, -0.1) is 11.3 Å². The van der Waals surface area contributed by atoms with E-state index in [0.717, 1.165) is 61.5 Å². The molecule has 9 heterocycles. The third-order valence-electron chi connectivity index (χ3n) is 18.4. The Labute approximate surface area is 621 Å². The van der Waals surface area contributed by atoms with E-state index in [4.69, 9.17) is 57.0 Å². The number of anilines is 5. The van der Waals surface area contributed by atoms with E-state index in [9.17, 15) is 43.5 Å². The number of thiophene rings is 1. The maximum Gasteiger partial charge on any atom is 0.416 e. The first kappa shape index (κ1) is 78.9. The van der Waals surface area contributed by atoms with Gasteiger partial charge in [-0.2, -0.15) is 9.59 Å². The molecular formula is C74H89N11O21S. The number of nitrogens with zero attached hydrogens (tertiary/aromatic N) is 8. The van der Waals surface area contributed by atoms with E-state index in [1.807, 2.05) is 25.1 Å². The number of carbonyl (C=O) groups is 8. The van der Waals surface area contributed by atoms with Gasteiger partial charge in [-0.1, -0.05) is 25.3 Å². The number of hydrogen-bond donors (Lipinski definition) is 4. The highest BCUT2D eigenvalue weighted by Crippen LogP contribution is 2.45. The molecule has 33 heteroatoms. The van der Waals surface area contributed by atoms with Crippen molar-refractivity contribution in [3.63, 3.8) is 0 Å². The summed E-state index contributed by atoms with van der Waals surface area (Å²) in [6.07, 6.45) is 12.2. The second-order valence-electron chi connectivity index (χ2n) is 25.9. The number of carboxylic acids is 1. The summed E-state index contributed by atoms with van der Waals surface area (Å²) in [5, 5.41) is 18.5. The Morgan fingerprint density at radius 3 is 1.53 bits per heavy atom. The first-order valence-corrected chi connectivity index (χ1v) is 36.3. The van der Waals surface area contributed by atoms with Crippen molar-refractivity contribution in [2.75, 3.05) is 92.7 Å². The Morgan fingerprint density at radius 1 is 0.626 bits per heavy atom. The van der Waals surface area contributed by atoms with E-state index in [1.165, 1.54) is 58.9 Å². The van der Waals surface area contributed by atoms with E-state index in [0.29, 0.717) is 69.8 Å². The molecular weight excluding hydrogens is 1410 g/mol. The van der Waals surface area contributed by atoms with Crippen LogP contribution in [0, 0.1) is 6.92 Å². The fraction of sp³-hybridized carbons (Fsp3) is 0.473. The molecule has 107 heavy (non-hydrogen) atoms. The molecule has 0 bridgehead atoms. The standard InChI is InChI=1S/C41H48N6O9S.C32H41N5O10.CO2/c1-5-17-55-41(51)47-30-23-32(31(52-4)22-28(30)39(50)46-16-8-6-11-29(46)40(47)56-36-13-7-9-18-54-36)53-19-10-12-35(48)43-34-24-45(3)37(44-34)38(49)42-27-14-15-33-26(21-27)20-25(2)57-33;1-4-14-46-32(42)37-22-18-24(44-16-9-11-26(38)33-25-19-35(2)28(34-25)31(40)41)23(43-3)17-20(22)29(39)36-13-7-5-10-21(36)30(37)47-27-12-6-8-15-45-27;2-1-3/h5,14-15,20-24,29,36,40H,1,6-13,16-19H2,2-4H3,(H,42,49)(H,43,48);4,17-19,21,27,30H,1,5-16H2,2-3H3,(H,33,38)(H,40,41);/t29-,36?,40?;21-,27?,30?;/m00./s1. The lowest BCUT2D eigenvalue weighted by Crippen LogP contribution is -2.57. The number of imidazole rings is 2. The molecule has 4 saturated heterocycles. The van der Waals surface area contributed by atoms with E-state index in [-0.39, 0.29) is 139 Å². The number of nitrogens with one attached hydrogen (secondary N) is 3. The van der Waals surface area contributed by atoms with Crippen LogP contribution in [0.2, 0.25) is 0 Å². The molecule has 6 aliphatic heterocycles. The van der Waals surface area contributed by atoms with Crippen molar-refractivity contribution < 1.29 is 100 Å². The van der Waals surface area contributed by atoms with Crippen molar-refractivity contribution >= 4 is 104 Å². The molecule has 572 valence electrons. The van der Waals surface area contributed by atoms with Gasteiger partial charge in [-0.25, -0.2) is 34.2 Å². The fourth-order valence-electron chi connectivity index (χ4n) is 13.5. The highest BCUT2D eigenvalue weighted by Gasteiger charge is 2.49. The van der Waals surface area contributed by atoms with Crippen LogP contribution in [0.3, 0.4) is 0 Å². The van der Waals surface area contributed by atoms with Crippen LogP contribution in [-0.2, 0) is 61.7 Å². The average Bonchev–Trinajstić information content (AvgIpc) is 1.41. The topological polar surface area (TPSA) is 368 Å². The third kappa shape index (κ3) is 19.5. The van der Waals surface area contributed by atoms with E-state index >= 15 is 0 Å². The number of piperidine rings is 2. The van der Waals surface area contributed by atoms with Crippen LogP contribution in [0.1, 0.15) is 150 Å². The Bertz CT molecular complexity index is 4250. The molecule has 4 fully saturated rings. The summed E-state index contributed by atoms with van der Waals surface area (Å²) in [4.78, 5) is 138. The van der Waals surface area contributed by atoms with Crippen LogP contribution in [0.25, 0.3) is 10.1 Å². The van der Waals surface area contributed by atoms with Crippen LogP contribution >= 0.6 is 11.3 Å². The van der Waals surface area contributed by atoms with Crippen LogP contribution < -0.4 is 44.7 Å². The van der Waals surface area contributed by atoms with Gasteiger partial charge >= 0.3 is 24.3 Å². The van der Waals surface area contributed by atoms with Gasteiger partial charge in [0.1, 0.15) is 13.2 Å². The summed E-state index contributed by atoms with van der Waals surface area (Å²) in [5.41, 5.74) is 1.64. The van der Waals surface area contributed by atoms with Crippen LogP contribution in [0.15, 0.2) is 86.2 Å². The molecule has 0 radical (unpaired) electrons.